The Morgan fingerprint density at radius 3 is 2.93 bits per heavy atom. The summed E-state index contributed by atoms with van der Waals surface area (Å²) in [7, 11) is 0. The number of rotatable bonds is 0. The van der Waals surface area contributed by atoms with Crippen molar-refractivity contribution in [2.75, 3.05) is 0 Å². The molecule has 0 N–H and O–H groups in total. The van der Waals surface area contributed by atoms with Crippen molar-refractivity contribution in [3.63, 3.8) is 0 Å². The smallest absolute Gasteiger partial charge is 0.142 e. The highest BCUT2D eigenvalue weighted by atomic mass is 16.6. The number of fused-ring (bicyclic) bond motifs is 2. The van der Waals surface area contributed by atoms with Crippen LogP contribution in [0.3, 0.4) is 0 Å². The molecule has 0 aromatic rings. The molecule has 4 aliphatic rings. The van der Waals surface area contributed by atoms with Crippen LogP contribution < -0.4 is 0 Å². The number of ketones is 1. The maximum atomic E-state index is 12.2. The van der Waals surface area contributed by atoms with Crippen molar-refractivity contribution in [1.29, 1.82) is 0 Å². The molecule has 0 aromatic carbocycles. The van der Waals surface area contributed by atoms with Gasteiger partial charge in [-0.3, -0.25) is 4.79 Å². The molecule has 3 aliphatic carbocycles. The zero-order valence-electron chi connectivity index (χ0n) is 9.13. The number of ether oxygens (including phenoxy) is 1. The van der Waals surface area contributed by atoms with Gasteiger partial charge in [-0.05, 0) is 32.1 Å². The van der Waals surface area contributed by atoms with Gasteiger partial charge in [-0.2, -0.15) is 0 Å². The predicted octanol–water partition coefficient (Wildman–Crippen LogP) is 2.46. The number of hydrogen-bond acceptors (Lipinski definition) is 2. The van der Waals surface area contributed by atoms with Gasteiger partial charge in [-0.25, -0.2) is 0 Å². The number of carbonyl (C=O) groups is 1. The summed E-state index contributed by atoms with van der Waals surface area (Å²) in [6, 6.07) is 0. The highest BCUT2D eigenvalue weighted by Gasteiger charge is 2.77. The molecular weight excluding hydrogens is 188 g/mol. The lowest BCUT2D eigenvalue weighted by Gasteiger charge is -2.41. The van der Waals surface area contributed by atoms with Gasteiger partial charge in [0.2, 0.25) is 0 Å². The summed E-state index contributed by atoms with van der Waals surface area (Å²) in [5.74, 6) is 1.19. The molecule has 2 bridgehead atoms. The molecule has 0 aromatic heterocycles. The molecule has 4 rings (SSSR count). The quantitative estimate of drug-likeness (QED) is 0.570. The third-order valence-corrected chi connectivity index (χ3v) is 5.42. The van der Waals surface area contributed by atoms with E-state index in [2.05, 4.69) is 0 Å². The van der Waals surface area contributed by atoms with Crippen LogP contribution in [0.5, 0.6) is 0 Å². The van der Waals surface area contributed by atoms with E-state index in [1.54, 1.807) is 0 Å². The largest absolute Gasteiger partial charge is 0.362 e. The Morgan fingerprint density at radius 2 is 2.00 bits per heavy atom. The molecule has 2 heteroatoms. The van der Waals surface area contributed by atoms with Gasteiger partial charge >= 0.3 is 0 Å². The molecule has 4 atom stereocenters. The number of hydrogen-bond donors (Lipinski definition) is 0. The fourth-order valence-corrected chi connectivity index (χ4v) is 4.74. The Bertz CT molecular complexity index is 337. The molecule has 0 spiro atoms. The summed E-state index contributed by atoms with van der Waals surface area (Å²) in [5, 5.41) is 0. The van der Waals surface area contributed by atoms with Crippen molar-refractivity contribution in [2.24, 2.45) is 11.8 Å². The molecule has 1 heterocycles. The topological polar surface area (TPSA) is 29.6 Å². The average molecular weight is 206 g/mol. The summed E-state index contributed by atoms with van der Waals surface area (Å²) in [4.78, 5) is 12.2. The fraction of sp³-hybridized carbons (Fsp3) is 0.923. The second kappa shape index (κ2) is 2.48. The first-order valence-electron chi connectivity index (χ1n) is 6.51. The third kappa shape index (κ3) is 0.848. The molecule has 82 valence electrons. The number of epoxide rings is 1. The Hall–Kier alpha value is -0.370. The van der Waals surface area contributed by atoms with Crippen LogP contribution in [-0.4, -0.2) is 17.0 Å². The zero-order chi connectivity index (χ0) is 10.1. The molecule has 1 saturated heterocycles. The second-order valence-corrected chi connectivity index (χ2v) is 5.98. The Labute approximate surface area is 90.4 Å². The van der Waals surface area contributed by atoms with Crippen LogP contribution >= 0.6 is 0 Å². The van der Waals surface area contributed by atoms with Gasteiger partial charge in [0.15, 0.2) is 0 Å². The van der Waals surface area contributed by atoms with Crippen LogP contribution in [0.2, 0.25) is 0 Å². The van der Waals surface area contributed by atoms with E-state index in [9.17, 15) is 4.79 Å². The van der Waals surface area contributed by atoms with E-state index in [1.807, 2.05) is 0 Å². The molecular formula is C13H18O2. The SMILES string of the molecule is O=C1[C@H]2CCC[C@H]1[C@]13CCCC[C@@]1(C2)O3. The molecule has 3 saturated carbocycles. The van der Waals surface area contributed by atoms with Gasteiger partial charge in [0.1, 0.15) is 11.4 Å². The van der Waals surface area contributed by atoms with Gasteiger partial charge in [-0.15, -0.1) is 0 Å². The van der Waals surface area contributed by atoms with Crippen molar-refractivity contribution in [1.82, 2.24) is 0 Å². The molecule has 0 amide bonds. The highest BCUT2D eigenvalue weighted by Crippen LogP contribution is 2.69. The maximum absolute atomic E-state index is 12.2. The van der Waals surface area contributed by atoms with Crippen LogP contribution in [0.25, 0.3) is 0 Å². The minimum absolute atomic E-state index is 0.0409. The highest BCUT2D eigenvalue weighted by molar-refractivity contribution is 5.88. The van der Waals surface area contributed by atoms with Crippen molar-refractivity contribution in [2.45, 2.75) is 62.6 Å². The molecule has 15 heavy (non-hydrogen) atoms. The minimum atomic E-state index is 0.0409. The van der Waals surface area contributed by atoms with Crippen LogP contribution in [0.4, 0.5) is 0 Å². The average Bonchev–Trinajstić information content (AvgIpc) is 2.88. The van der Waals surface area contributed by atoms with E-state index >= 15 is 0 Å². The zero-order valence-corrected chi connectivity index (χ0v) is 9.13. The summed E-state index contributed by atoms with van der Waals surface area (Å²) in [5.41, 5.74) is 0.216. The Kier molecular flexibility index (Phi) is 1.44. The lowest BCUT2D eigenvalue weighted by Crippen LogP contribution is -2.50. The first-order valence-corrected chi connectivity index (χ1v) is 6.51. The van der Waals surface area contributed by atoms with Crippen molar-refractivity contribution >= 4 is 5.78 Å². The molecule has 1 aliphatic heterocycles. The van der Waals surface area contributed by atoms with E-state index in [1.165, 1.54) is 25.7 Å². The van der Waals surface area contributed by atoms with E-state index in [0.717, 1.165) is 25.7 Å². The van der Waals surface area contributed by atoms with E-state index in [-0.39, 0.29) is 17.1 Å². The van der Waals surface area contributed by atoms with Gasteiger partial charge in [0.25, 0.3) is 0 Å². The van der Waals surface area contributed by atoms with Gasteiger partial charge in [0, 0.05) is 11.8 Å². The Morgan fingerprint density at radius 1 is 1.13 bits per heavy atom. The van der Waals surface area contributed by atoms with E-state index in [0.29, 0.717) is 11.7 Å². The van der Waals surface area contributed by atoms with Gasteiger partial charge < -0.3 is 4.74 Å². The van der Waals surface area contributed by atoms with Crippen LogP contribution in [-0.2, 0) is 9.53 Å². The monoisotopic (exact) mass is 206 g/mol. The fourth-order valence-electron chi connectivity index (χ4n) is 4.74. The molecule has 2 nitrogen and oxygen atoms in total. The normalized spacial score (nSPS) is 56.9. The predicted molar refractivity (Wildman–Crippen MR) is 55.5 cm³/mol. The van der Waals surface area contributed by atoms with E-state index in [4.69, 9.17) is 4.74 Å². The van der Waals surface area contributed by atoms with Gasteiger partial charge in [-0.1, -0.05) is 19.3 Å². The van der Waals surface area contributed by atoms with Crippen LogP contribution in [0, 0.1) is 11.8 Å². The molecule has 0 unspecified atom stereocenters. The van der Waals surface area contributed by atoms with Crippen molar-refractivity contribution < 1.29 is 9.53 Å². The summed E-state index contributed by atoms with van der Waals surface area (Å²) >= 11 is 0. The summed E-state index contributed by atoms with van der Waals surface area (Å²) < 4.78 is 6.18. The third-order valence-electron chi connectivity index (χ3n) is 5.42. The second-order valence-electron chi connectivity index (χ2n) is 5.98. The Balaban J connectivity index is 1.77. The first-order chi connectivity index (χ1) is 7.28. The lowest BCUT2D eigenvalue weighted by atomic mass is 9.57. The van der Waals surface area contributed by atoms with E-state index < -0.39 is 0 Å². The standard InChI is InChI=1S/C13H18O2/c14-11-9-4-3-5-10(11)13-7-2-1-6-12(13,8-9)15-13/h9-10H,1-8H2/t9-,10+,12-,13+/m0/s1. The van der Waals surface area contributed by atoms with Crippen molar-refractivity contribution in [3.8, 4) is 0 Å². The summed E-state index contributed by atoms with van der Waals surface area (Å²) in [6.45, 7) is 0. The van der Waals surface area contributed by atoms with Crippen molar-refractivity contribution in [3.05, 3.63) is 0 Å². The minimum Gasteiger partial charge on any atom is -0.362 e. The lowest BCUT2D eigenvalue weighted by molar-refractivity contribution is -0.134. The molecule has 0 radical (unpaired) electrons. The number of Topliss-reactive ketones (excluding diaryl/α,β-unsaturated/α-hetero) is 1. The van der Waals surface area contributed by atoms with Crippen LogP contribution in [0.1, 0.15) is 51.4 Å². The maximum Gasteiger partial charge on any atom is 0.142 e. The number of carbonyl (C=O) groups excluding carboxylic acids is 1. The molecule has 4 fully saturated rings. The summed E-state index contributed by atoms with van der Waals surface area (Å²) in [6.07, 6.45) is 9.53. The first kappa shape index (κ1) is 8.74. The van der Waals surface area contributed by atoms with Crippen LogP contribution in [0.15, 0.2) is 0 Å². The van der Waals surface area contributed by atoms with Gasteiger partial charge in [0.05, 0.1) is 5.60 Å².